The van der Waals surface area contributed by atoms with Gasteiger partial charge in [0.25, 0.3) is 0 Å². The van der Waals surface area contributed by atoms with Gasteiger partial charge in [0.1, 0.15) is 0 Å². The molecule has 170 valence electrons. The van der Waals surface area contributed by atoms with Crippen LogP contribution in [0.4, 0.5) is 17.1 Å². The second-order valence-corrected chi connectivity index (χ2v) is 8.88. The van der Waals surface area contributed by atoms with Gasteiger partial charge in [0.15, 0.2) is 0 Å². The maximum absolute atomic E-state index is 2.30. The Morgan fingerprint density at radius 2 is 0.943 bits per heavy atom. The number of benzene rings is 5. The van der Waals surface area contributed by atoms with Crippen molar-refractivity contribution in [2.75, 3.05) is 4.90 Å². The van der Waals surface area contributed by atoms with Crippen LogP contribution >= 0.6 is 0 Å². The summed E-state index contributed by atoms with van der Waals surface area (Å²) in [5.41, 5.74) is 10.8. The van der Waals surface area contributed by atoms with Crippen LogP contribution in [0.5, 0.6) is 0 Å². The molecule has 0 fully saturated rings. The van der Waals surface area contributed by atoms with Gasteiger partial charge in [-0.3, -0.25) is 0 Å². The fourth-order valence-corrected chi connectivity index (χ4v) is 4.28. The van der Waals surface area contributed by atoms with Crippen molar-refractivity contribution >= 4 is 29.2 Å². The largest absolute Gasteiger partial charge is 0.311 e. The first kappa shape index (κ1) is 22.4. The molecule has 0 atom stereocenters. The van der Waals surface area contributed by atoms with Gasteiger partial charge in [-0.1, -0.05) is 114 Å². The fourth-order valence-electron chi connectivity index (χ4n) is 4.28. The molecule has 5 aromatic carbocycles. The first-order valence-electron chi connectivity index (χ1n) is 12.0. The summed E-state index contributed by atoms with van der Waals surface area (Å²) in [5, 5.41) is 0. The third-order valence-electron chi connectivity index (χ3n) is 6.24. The van der Waals surface area contributed by atoms with Crippen LogP contribution in [-0.2, 0) is 0 Å². The molecule has 0 saturated carbocycles. The highest BCUT2D eigenvalue weighted by Gasteiger charge is 2.12. The van der Waals surface area contributed by atoms with Crippen LogP contribution < -0.4 is 4.90 Å². The van der Waals surface area contributed by atoms with Gasteiger partial charge in [-0.15, -0.1) is 0 Å². The van der Waals surface area contributed by atoms with Gasteiger partial charge < -0.3 is 4.90 Å². The van der Waals surface area contributed by atoms with Gasteiger partial charge >= 0.3 is 0 Å². The Kier molecular flexibility index (Phi) is 6.59. The van der Waals surface area contributed by atoms with E-state index in [1.54, 1.807) is 0 Å². The molecule has 0 radical (unpaired) electrons. The Hall–Kier alpha value is -4.36. The molecule has 0 aliphatic heterocycles. The SMILES string of the molecule is Cc1ccc(N(c2ccc(C)cc2)c2ccc(/C=C/c3ccccc3-c3ccccc3)cc2)cc1. The summed E-state index contributed by atoms with van der Waals surface area (Å²) in [7, 11) is 0. The number of aryl methyl sites for hydroxylation is 2. The third kappa shape index (κ3) is 5.26. The van der Waals surface area contributed by atoms with E-state index in [9.17, 15) is 0 Å². The molecule has 0 unspecified atom stereocenters. The summed E-state index contributed by atoms with van der Waals surface area (Å²) in [4.78, 5) is 2.30. The van der Waals surface area contributed by atoms with E-state index in [1.807, 2.05) is 0 Å². The maximum Gasteiger partial charge on any atom is 0.0462 e. The summed E-state index contributed by atoms with van der Waals surface area (Å²) in [5.74, 6) is 0. The van der Waals surface area contributed by atoms with E-state index in [2.05, 4.69) is 158 Å². The lowest BCUT2D eigenvalue weighted by Gasteiger charge is -2.25. The Balaban J connectivity index is 1.45. The zero-order valence-electron chi connectivity index (χ0n) is 20.2. The van der Waals surface area contributed by atoms with Crippen molar-refractivity contribution in [3.63, 3.8) is 0 Å². The van der Waals surface area contributed by atoms with Gasteiger partial charge in [0, 0.05) is 17.1 Å². The predicted octanol–water partition coefficient (Wildman–Crippen LogP) is 9.61. The van der Waals surface area contributed by atoms with Crippen molar-refractivity contribution in [1.29, 1.82) is 0 Å². The van der Waals surface area contributed by atoms with Crippen LogP contribution in [0.25, 0.3) is 23.3 Å². The topological polar surface area (TPSA) is 3.24 Å². The van der Waals surface area contributed by atoms with Crippen molar-refractivity contribution in [3.8, 4) is 11.1 Å². The molecular formula is C34H29N. The van der Waals surface area contributed by atoms with Crippen LogP contribution in [0, 0.1) is 13.8 Å². The van der Waals surface area contributed by atoms with Crippen molar-refractivity contribution in [2.24, 2.45) is 0 Å². The molecule has 0 aromatic heterocycles. The van der Waals surface area contributed by atoms with E-state index in [0.717, 1.165) is 17.1 Å². The molecule has 0 spiro atoms. The number of hydrogen-bond acceptors (Lipinski definition) is 1. The average Bonchev–Trinajstić information content (AvgIpc) is 2.91. The molecule has 1 nitrogen and oxygen atoms in total. The molecular weight excluding hydrogens is 422 g/mol. The first-order valence-corrected chi connectivity index (χ1v) is 12.0. The summed E-state index contributed by atoms with van der Waals surface area (Å²) in [6.07, 6.45) is 4.39. The monoisotopic (exact) mass is 451 g/mol. The minimum atomic E-state index is 1.14. The minimum Gasteiger partial charge on any atom is -0.311 e. The molecule has 1 heteroatoms. The molecule has 0 bridgehead atoms. The summed E-state index contributed by atoms with van der Waals surface area (Å²) < 4.78 is 0. The molecule has 5 aromatic rings. The number of nitrogens with zero attached hydrogens (tertiary/aromatic N) is 1. The van der Waals surface area contributed by atoms with E-state index in [4.69, 9.17) is 0 Å². The second-order valence-electron chi connectivity index (χ2n) is 8.88. The molecule has 35 heavy (non-hydrogen) atoms. The predicted molar refractivity (Wildman–Crippen MR) is 151 cm³/mol. The number of rotatable bonds is 6. The van der Waals surface area contributed by atoms with E-state index in [0.29, 0.717) is 0 Å². The summed E-state index contributed by atoms with van der Waals surface area (Å²) in [6.45, 7) is 4.24. The van der Waals surface area contributed by atoms with E-state index < -0.39 is 0 Å². The zero-order valence-corrected chi connectivity index (χ0v) is 20.2. The lowest BCUT2D eigenvalue weighted by atomic mass is 9.99. The fraction of sp³-hybridized carbons (Fsp3) is 0.0588. The number of hydrogen-bond donors (Lipinski definition) is 0. The quantitative estimate of drug-likeness (QED) is 0.232. The van der Waals surface area contributed by atoms with Crippen LogP contribution in [0.3, 0.4) is 0 Å². The van der Waals surface area contributed by atoms with E-state index in [-0.39, 0.29) is 0 Å². The highest BCUT2D eigenvalue weighted by atomic mass is 15.1. The Labute approximate surface area is 208 Å². The van der Waals surface area contributed by atoms with Gasteiger partial charge in [-0.2, -0.15) is 0 Å². The Morgan fingerprint density at radius 1 is 0.457 bits per heavy atom. The van der Waals surface area contributed by atoms with Gasteiger partial charge in [0.2, 0.25) is 0 Å². The van der Waals surface area contributed by atoms with Crippen LogP contribution in [-0.4, -0.2) is 0 Å². The van der Waals surface area contributed by atoms with Crippen molar-refractivity contribution in [3.05, 3.63) is 150 Å². The molecule has 0 aliphatic carbocycles. The number of anilines is 3. The third-order valence-corrected chi connectivity index (χ3v) is 6.24. The van der Waals surface area contributed by atoms with Crippen molar-refractivity contribution < 1.29 is 0 Å². The highest BCUT2D eigenvalue weighted by molar-refractivity contribution is 5.82. The van der Waals surface area contributed by atoms with Gasteiger partial charge in [0.05, 0.1) is 0 Å². The summed E-state index contributed by atoms with van der Waals surface area (Å²) >= 11 is 0. The normalized spacial score (nSPS) is 11.0. The maximum atomic E-state index is 2.30. The molecule has 0 aliphatic rings. The molecule has 0 heterocycles. The van der Waals surface area contributed by atoms with E-state index in [1.165, 1.54) is 33.4 Å². The van der Waals surface area contributed by atoms with E-state index >= 15 is 0 Å². The second kappa shape index (κ2) is 10.3. The van der Waals surface area contributed by atoms with Gasteiger partial charge in [-0.05, 0) is 72.5 Å². The zero-order chi connectivity index (χ0) is 24.0. The smallest absolute Gasteiger partial charge is 0.0462 e. The lowest BCUT2D eigenvalue weighted by Crippen LogP contribution is -2.09. The van der Waals surface area contributed by atoms with Gasteiger partial charge in [-0.25, -0.2) is 0 Å². The Morgan fingerprint density at radius 3 is 1.51 bits per heavy atom. The molecule has 5 rings (SSSR count). The minimum absolute atomic E-state index is 1.14. The van der Waals surface area contributed by atoms with Crippen LogP contribution in [0.15, 0.2) is 127 Å². The first-order chi connectivity index (χ1) is 17.2. The van der Waals surface area contributed by atoms with Crippen molar-refractivity contribution in [1.82, 2.24) is 0 Å². The average molecular weight is 452 g/mol. The van der Waals surface area contributed by atoms with Crippen molar-refractivity contribution in [2.45, 2.75) is 13.8 Å². The molecule has 0 amide bonds. The molecule has 0 saturated heterocycles. The lowest BCUT2D eigenvalue weighted by molar-refractivity contribution is 1.27. The van der Waals surface area contributed by atoms with Crippen LogP contribution in [0.2, 0.25) is 0 Å². The standard InChI is InChI=1S/C34H29N/c1-26-12-20-31(21-13-26)35(32-22-14-27(2)15-23-32)33-24-17-28(18-25-33)16-19-30-10-6-7-11-34(30)29-8-4-3-5-9-29/h3-25H,1-2H3/b19-16+. The molecule has 0 N–H and O–H groups in total. The summed E-state index contributed by atoms with van der Waals surface area (Å²) in [6, 6.07) is 45.2. The Bertz CT molecular complexity index is 1370. The highest BCUT2D eigenvalue weighted by Crippen LogP contribution is 2.35. The van der Waals surface area contributed by atoms with Crippen LogP contribution in [0.1, 0.15) is 22.3 Å².